The summed E-state index contributed by atoms with van der Waals surface area (Å²) in [6, 6.07) is 6.13. The molecule has 2 aromatic rings. The van der Waals surface area contributed by atoms with Crippen LogP contribution in [0.4, 0.5) is 0 Å². The van der Waals surface area contributed by atoms with E-state index >= 15 is 0 Å². The number of amides is 1. The first-order chi connectivity index (χ1) is 16.6. The van der Waals surface area contributed by atoms with Crippen molar-refractivity contribution in [3.63, 3.8) is 0 Å². The number of carboxylic acids is 1. The van der Waals surface area contributed by atoms with Crippen LogP contribution in [0.25, 0.3) is 10.2 Å². The van der Waals surface area contributed by atoms with E-state index in [1.54, 1.807) is 18.3 Å². The van der Waals surface area contributed by atoms with E-state index < -0.39 is 18.0 Å². The Balaban J connectivity index is 1.34. The fourth-order valence-corrected chi connectivity index (χ4v) is 7.89. The highest BCUT2D eigenvalue weighted by Gasteiger charge is 2.60. The third-order valence-corrected chi connectivity index (χ3v) is 10.3. The van der Waals surface area contributed by atoms with Crippen molar-refractivity contribution in [3.8, 4) is 0 Å². The molecule has 35 heavy (non-hydrogen) atoms. The number of likely N-dealkylation sites (N-methyl/N-ethyl adjacent to an activating group) is 2. The number of hydrogen-bond donors (Lipinski definition) is 2. The van der Waals surface area contributed by atoms with Gasteiger partial charge in [0, 0.05) is 30.3 Å². The molecule has 0 aliphatic carbocycles. The highest BCUT2D eigenvalue weighted by Crippen LogP contribution is 2.52. The first kappa shape index (κ1) is 24.7. The molecule has 0 unspecified atom stereocenters. The summed E-state index contributed by atoms with van der Waals surface area (Å²) in [7, 11) is 4.53. The molecule has 10 heteroatoms. The van der Waals surface area contributed by atoms with Crippen LogP contribution < -0.4 is 0 Å². The number of benzene rings is 1. The van der Waals surface area contributed by atoms with Crippen molar-refractivity contribution < 1.29 is 24.3 Å². The number of quaternary nitrogens is 1. The van der Waals surface area contributed by atoms with Gasteiger partial charge in [-0.25, -0.2) is 9.78 Å². The van der Waals surface area contributed by atoms with Gasteiger partial charge in [-0.05, 0) is 31.7 Å². The van der Waals surface area contributed by atoms with E-state index in [0.717, 1.165) is 45.1 Å². The summed E-state index contributed by atoms with van der Waals surface area (Å²) in [6.45, 7) is 9.25. The molecule has 2 saturated heterocycles. The molecule has 1 aromatic carbocycles. The summed E-state index contributed by atoms with van der Waals surface area (Å²) in [5.41, 5.74) is 2.24. The van der Waals surface area contributed by atoms with Gasteiger partial charge in [0.05, 0.1) is 55.0 Å². The first-order valence-electron chi connectivity index (χ1n) is 12.2. The molecule has 4 atom stereocenters. The third kappa shape index (κ3) is 4.40. The van der Waals surface area contributed by atoms with Crippen molar-refractivity contribution in [1.82, 2.24) is 14.8 Å². The van der Waals surface area contributed by atoms with Crippen molar-refractivity contribution in [1.29, 1.82) is 0 Å². The van der Waals surface area contributed by atoms with E-state index in [9.17, 15) is 19.8 Å². The highest BCUT2D eigenvalue weighted by atomic mass is 32.2. The van der Waals surface area contributed by atoms with Gasteiger partial charge in [-0.1, -0.05) is 24.8 Å². The van der Waals surface area contributed by atoms with Crippen molar-refractivity contribution in [2.24, 2.45) is 11.8 Å². The first-order valence-corrected chi connectivity index (χ1v) is 13.8. The minimum atomic E-state index is -1.11. The van der Waals surface area contributed by atoms with Gasteiger partial charge in [0.2, 0.25) is 5.91 Å². The van der Waals surface area contributed by atoms with E-state index in [1.165, 1.54) is 35.3 Å². The average Bonchev–Trinajstić information content (AvgIpc) is 3.31. The maximum absolute atomic E-state index is 12.6. The quantitative estimate of drug-likeness (QED) is 0.431. The molecule has 5 rings (SSSR count). The smallest absolute Gasteiger partial charge is 0.353 e. The molecule has 0 spiro atoms. The van der Waals surface area contributed by atoms with Gasteiger partial charge in [0.1, 0.15) is 5.70 Å². The molecular formula is C25H33N4O4S2+. The molecule has 188 valence electrons. The summed E-state index contributed by atoms with van der Waals surface area (Å²) in [5, 5.41) is 19.9. The lowest BCUT2D eigenvalue weighted by Gasteiger charge is -2.46. The summed E-state index contributed by atoms with van der Waals surface area (Å²) >= 11 is 2.90. The maximum atomic E-state index is 12.6. The van der Waals surface area contributed by atoms with Crippen LogP contribution in [0.15, 0.2) is 33.1 Å². The van der Waals surface area contributed by atoms with Gasteiger partial charge >= 0.3 is 5.97 Å². The van der Waals surface area contributed by atoms with E-state index in [-0.39, 0.29) is 23.6 Å². The Kier molecular flexibility index (Phi) is 6.46. The zero-order valence-corrected chi connectivity index (χ0v) is 22.2. The Morgan fingerprint density at radius 1 is 1.34 bits per heavy atom. The van der Waals surface area contributed by atoms with Crippen LogP contribution in [0.5, 0.6) is 0 Å². The maximum Gasteiger partial charge on any atom is 0.353 e. The SMILES string of the molecule is C[C@@H](O)[C@H]1C(=O)N2C(C(=O)O)=C(Sc3nc4cc(CC[N+]5(C)CCN(C)CC5)ccc4s3)[C@H](C)[C@H]12. The second-order valence-corrected chi connectivity index (χ2v) is 12.8. The van der Waals surface area contributed by atoms with E-state index in [2.05, 4.69) is 37.2 Å². The molecule has 3 aliphatic rings. The van der Waals surface area contributed by atoms with Gasteiger partial charge in [0.25, 0.3) is 0 Å². The van der Waals surface area contributed by atoms with Gasteiger partial charge in [-0.2, -0.15) is 0 Å². The molecule has 1 amide bonds. The number of piperazine rings is 1. The Hall–Kier alpha value is -1.98. The number of fused-ring (bicyclic) bond motifs is 2. The van der Waals surface area contributed by atoms with Crippen LogP contribution in [0.3, 0.4) is 0 Å². The molecule has 4 heterocycles. The number of thiazole rings is 1. The number of hydrogen-bond acceptors (Lipinski definition) is 7. The topological polar surface area (TPSA) is 94.0 Å². The van der Waals surface area contributed by atoms with Crippen LogP contribution in [-0.4, -0.2) is 100 Å². The molecule has 0 radical (unpaired) electrons. The van der Waals surface area contributed by atoms with Crippen molar-refractivity contribution in [3.05, 3.63) is 34.4 Å². The largest absolute Gasteiger partial charge is 0.477 e. The summed E-state index contributed by atoms with van der Waals surface area (Å²) in [6.07, 6.45) is 0.197. The van der Waals surface area contributed by atoms with Crippen molar-refractivity contribution in [2.45, 2.75) is 36.8 Å². The fraction of sp³-hybridized carbons (Fsp3) is 0.560. The number of carbonyl (C=O) groups excluding carboxylic acids is 1. The minimum Gasteiger partial charge on any atom is -0.477 e. The number of carbonyl (C=O) groups is 2. The fourth-order valence-electron chi connectivity index (χ4n) is 5.57. The zero-order chi connectivity index (χ0) is 25.1. The summed E-state index contributed by atoms with van der Waals surface area (Å²) < 4.78 is 2.94. The van der Waals surface area contributed by atoms with Gasteiger partial charge < -0.3 is 19.6 Å². The van der Waals surface area contributed by atoms with Crippen molar-refractivity contribution >= 4 is 45.2 Å². The van der Waals surface area contributed by atoms with Crippen molar-refractivity contribution in [2.75, 3.05) is 46.8 Å². The lowest BCUT2D eigenvalue weighted by molar-refractivity contribution is -0.913. The number of β-lactam (4-membered cyclic amide) rings is 1. The molecule has 0 bridgehead atoms. The summed E-state index contributed by atoms with van der Waals surface area (Å²) in [5.74, 6) is -2.14. The minimum absolute atomic E-state index is 0.0403. The normalized spacial score (nSPS) is 27.3. The standard InChI is InChI=1S/C25H32N4O4S2/c1-14-20-19(15(2)30)23(31)28(20)21(24(32)33)22(14)35-25-26-17-13-16(5-6-18(17)34-25)7-10-29(4)11-8-27(3)9-12-29/h5-6,13-15,19-20,30H,7-12H2,1-4H3/p+1/t14-,15-,19-,20-/m1/s1. The van der Waals surface area contributed by atoms with E-state index in [4.69, 9.17) is 4.98 Å². The Morgan fingerprint density at radius 3 is 2.71 bits per heavy atom. The van der Waals surface area contributed by atoms with Gasteiger partial charge in [-0.15, -0.1) is 11.3 Å². The van der Waals surface area contributed by atoms with Crippen LogP contribution >= 0.6 is 23.1 Å². The number of thioether (sulfide) groups is 1. The van der Waals surface area contributed by atoms with E-state index in [0.29, 0.717) is 4.91 Å². The molecule has 3 aliphatic heterocycles. The monoisotopic (exact) mass is 517 g/mol. The van der Waals surface area contributed by atoms with Crippen LogP contribution in [-0.2, 0) is 16.0 Å². The van der Waals surface area contributed by atoms with Crippen LogP contribution in [0, 0.1) is 11.8 Å². The molecule has 8 nitrogen and oxygen atoms in total. The summed E-state index contributed by atoms with van der Waals surface area (Å²) in [4.78, 5) is 33.9. The predicted molar refractivity (Wildman–Crippen MR) is 137 cm³/mol. The highest BCUT2D eigenvalue weighted by molar-refractivity contribution is 8.04. The number of aliphatic hydroxyl groups excluding tert-OH is 1. The predicted octanol–water partition coefficient (Wildman–Crippen LogP) is 2.48. The van der Waals surface area contributed by atoms with Crippen LogP contribution in [0.1, 0.15) is 19.4 Å². The Labute approximate surface area is 213 Å². The van der Waals surface area contributed by atoms with Gasteiger partial charge in [-0.3, -0.25) is 9.69 Å². The molecule has 0 saturated carbocycles. The second kappa shape index (κ2) is 9.15. The Bertz CT molecular complexity index is 1200. The average molecular weight is 518 g/mol. The number of aromatic nitrogens is 1. The molecule has 2 N–H and O–H groups in total. The molecular weight excluding hydrogens is 484 g/mol. The lowest BCUT2D eigenvalue weighted by atomic mass is 9.79. The third-order valence-electron chi connectivity index (χ3n) is 7.92. The zero-order valence-electron chi connectivity index (χ0n) is 20.6. The van der Waals surface area contributed by atoms with Gasteiger partial charge in [0.15, 0.2) is 4.34 Å². The Morgan fingerprint density at radius 2 is 2.06 bits per heavy atom. The molecule has 1 aromatic heterocycles. The molecule has 2 fully saturated rings. The number of carboxylic acid groups (broad SMARTS) is 1. The lowest BCUT2D eigenvalue weighted by Crippen LogP contribution is -2.63. The number of rotatable bonds is 7. The number of nitrogens with zero attached hydrogens (tertiary/aromatic N) is 4. The van der Waals surface area contributed by atoms with E-state index in [1.807, 2.05) is 6.92 Å². The van der Waals surface area contributed by atoms with Crippen LogP contribution in [0.2, 0.25) is 0 Å². The number of aliphatic hydroxyl groups is 1. The second-order valence-electron chi connectivity index (χ2n) is 10.5. The number of aliphatic carboxylic acids is 1.